The molecule has 1 aliphatic rings. The van der Waals surface area contributed by atoms with Gasteiger partial charge in [-0.2, -0.15) is 0 Å². The van der Waals surface area contributed by atoms with Crippen LogP contribution in [-0.4, -0.2) is 13.9 Å². The smallest absolute Gasteiger partial charge is 0.398 e. The van der Waals surface area contributed by atoms with E-state index in [2.05, 4.69) is 73.8 Å². The molecule has 3 nitrogen and oxygen atoms in total. The van der Waals surface area contributed by atoms with E-state index in [1.54, 1.807) is 0 Å². The molecular weight excluding hydrogens is 283 g/mol. The largest absolute Gasteiger partial charge is 0.441 e. The first-order valence-corrected chi connectivity index (χ1v) is 7.95. The van der Waals surface area contributed by atoms with Crippen LogP contribution in [0.1, 0.15) is 16.7 Å². The number of rotatable bonds is 1. The van der Waals surface area contributed by atoms with Gasteiger partial charge < -0.3 is 9.23 Å². The number of fused-ring (bicyclic) bond motifs is 3. The van der Waals surface area contributed by atoms with Gasteiger partial charge in [-0.1, -0.05) is 30.3 Å². The van der Waals surface area contributed by atoms with Crippen molar-refractivity contribution < 1.29 is 8.98 Å². The number of pyridine rings is 1. The first kappa shape index (κ1) is 14.1. The van der Waals surface area contributed by atoms with Crippen LogP contribution in [0, 0.1) is 13.8 Å². The summed E-state index contributed by atoms with van der Waals surface area (Å²) in [6.45, 7) is 4.49. The minimum atomic E-state index is 0.173. The molecule has 0 aliphatic carbocycles. The maximum atomic E-state index is 6.11. The van der Waals surface area contributed by atoms with E-state index in [1.807, 2.05) is 12.1 Å². The van der Waals surface area contributed by atoms with Crippen LogP contribution in [0.4, 0.5) is 5.88 Å². The Bertz CT molecular complexity index is 942. The number of benzene rings is 1. The van der Waals surface area contributed by atoms with Crippen LogP contribution in [0.3, 0.4) is 0 Å². The number of nitrogens with zero attached hydrogens (tertiary/aromatic N) is 2. The van der Waals surface area contributed by atoms with E-state index < -0.39 is 0 Å². The summed E-state index contributed by atoms with van der Waals surface area (Å²) < 4.78 is 8.32. The molecule has 0 saturated heterocycles. The van der Waals surface area contributed by atoms with Crippen LogP contribution in [0.15, 0.2) is 46.9 Å². The summed E-state index contributed by atoms with van der Waals surface area (Å²) in [5, 5.41) is 1.17. The van der Waals surface area contributed by atoms with E-state index in [0.717, 1.165) is 11.5 Å². The number of aryl methyl sites for hydroxylation is 3. The van der Waals surface area contributed by atoms with E-state index in [9.17, 15) is 0 Å². The molecule has 0 N–H and O–H groups in total. The summed E-state index contributed by atoms with van der Waals surface area (Å²) in [5.41, 5.74) is 6.00. The fraction of sp³-hybridized carbons (Fsp3) is 0.211. The number of furan rings is 1. The lowest BCUT2D eigenvalue weighted by atomic mass is 9.55. The fourth-order valence-electron chi connectivity index (χ4n) is 3.41. The predicted molar refractivity (Wildman–Crippen MR) is 96.1 cm³/mol. The van der Waals surface area contributed by atoms with Gasteiger partial charge in [0.05, 0.1) is 0 Å². The molecule has 0 bridgehead atoms. The van der Waals surface area contributed by atoms with Crippen molar-refractivity contribution in [3.05, 3.63) is 59.2 Å². The third-order valence-corrected chi connectivity index (χ3v) is 4.88. The maximum absolute atomic E-state index is 6.11. The first-order chi connectivity index (χ1) is 11.1. The van der Waals surface area contributed by atoms with Gasteiger partial charge in [0.15, 0.2) is 17.7 Å². The van der Waals surface area contributed by atoms with Crippen molar-refractivity contribution in [1.29, 1.82) is 0 Å². The molecule has 23 heavy (non-hydrogen) atoms. The van der Waals surface area contributed by atoms with Gasteiger partial charge in [0.25, 0.3) is 0 Å². The molecule has 1 aliphatic heterocycles. The third kappa shape index (κ3) is 2.09. The van der Waals surface area contributed by atoms with E-state index in [-0.39, 0.29) is 6.85 Å². The second kappa shape index (κ2) is 5.02. The summed E-state index contributed by atoms with van der Waals surface area (Å²) in [6, 6.07) is 10.5. The summed E-state index contributed by atoms with van der Waals surface area (Å²) in [7, 11) is 4.21. The van der Waals surface area contributed by atoms with Crippen molar-refractivity contribution in [1.82, 2.24) is 0 Å². The summed E-state index contributed by atoms with van der Waals surface area (Å²) in [6.07, 6.45) is 4.39. The molecule has 114 valence electrons. The zero-order chi connectivity index (χ0) is 16.1. The van der Waals surface area contributed by atoms with E-state index in [0.29, 0.717) is 0 Å². The topological polar surface area (TPSA) is 20.3 Å². The molecule has 0 saturated carbocycles. The zero-order valence-electron chi connectivity index (χ0n) is 14.0. The van der Waals surface area contributed by atoms with Crippen molar-refractivity contribution in [2.24, 2.45) is 7.05 Å². The van der Waals surface area contributed by atoms with Gasteiger partial charge in [-0.05, 0) is 32.5 Å². The van der Waals surface area contributed by atoms with Gasteiger partial charge in [0, 0.05) is 22.6 Å². The lowest BCUT2D eigenvalue weighted by Gasteiger charge is -2.24. The van der Waals surface area contributed by atoms with Crippen molar-refractivity contribution >= 4 is 35.4 Å². The lowest BCUT2D eigenvalue weighted by Crippen LogP contribution is -2.60. The van der Waals surface area contributed by atoms with Gasteiger partial charge in [-0.15, -0.1) is 0 Å². The summed E-state index contributed by atoms with van der Waals surface area (Å²) in [4.78, 5) is 2.22. The maximum Gasteiger partial charge on any atom is 0.398 e. The van der Waals surface area contributed by atoms with Crippen LogP contribution in [0.5, 0.6) is 0 Å². The highest BCUT2D eigenvalue weighted by atomic mass is 16.4. The van der Waals surface area contributed by atoms with Gasteiger partial charge in [0.1, 0.15) is 12.6 Å². The number of para-hydroxylation sites is 1. The highest BCUT2D eigenvalue weighted by Gasteiger charge is 2.35. The third-order valence-electron chi connectivity index (χ3n) is 4.88. The van der Waals surface area contributed by atoms with Crippen LogP contribution in [0.25, 0.3) is 17.0 Å². The van der Waals surface area contributed by atoms with Crippen molar-refractivity contribution in [2.75, 3.05) is 11.9 Å². The van der Waals surface area contributed by atoms with Crippen LogP contribution >= 0.6 is 0 Å². The lowest BCUT2D eigenvalue weighted by molar-refractivity contribution is -0.654. The van der Waals surface area contributed by atoms with Gasteiger partial charge in [0.2, 0.25) is 0 Å². The van der Waals surface area contributed by atoms with Crippen molar-refractivity contribution in [3.8, 4) is 0 Å². The average Bonchev–Trinajstić information content (AvgIpc) is 2.92. The van der Waals surface area contributed by atoms with E-state index in [1.165, 1.54) is 27.7 Å². The van der Waals surface area contributed by atoms with Crippen LogP contribution < -0.4 is 15.0 Å². The molecule has 1 aromatic carbocycles. The molecule has 0 atom stereocenters. The number of hydrogen-bond acceptors (Lipinski definition) is 2. The Labute approximate surface area is 136 Å². The molecule has 4 rings (SSSR count). The van der Waals surface area contributed by atoms with E-state index in [4.69, 9.17) is 4.42 Å². The number of hydrogen-bond donors (Lipinski definition) is 0. The molecule has 0 unspecified atom stereocenters. The minimum absolute atomic E-state index is 0.173. The Hall–Kier alpha value is -2.49. The molecule has 2 aromatic heterocycles. The molecule has 0 spiro atoms. The summed E-state index contributed by atoms with van der Waals surface area (Å²) in [5.74, 6) is 3.20. The number of anilines is 1. The molecule has 3 aromatic rings. The molecule has 0 radical (unpaired) electrons. The Morgan fingerprint density at radius 2 is 1.91 bits per heavy atom. The highest BCUT2D eigenvalue weighted by molar-refractivity contribution is 6.80. The molecular formula is C19H20BN2O+. The average molecular weight is 303 g/mol. The van der Waals surface area contributed by atoms with Crippen molar-refractivity contribution in [2.45, 2.75) is 13.8 Å². The van der Waals surface area contributed by atoms with E-state index >= 15 is 0 Å². The number of aromatic nitrogens is 1. The molecule has 4 heteroatoms. The standard InChI is InChI=1S/C19H20BN2O/c1-13-11-18(21(3)12-14(13)2)20-10-9-16-15-7-5-6-8-17(15)23-19(16)22(20)4/h5-12H,1-4H3/q+1. The molecule has 3 heterocycles. The summed E-state index contributed by atoms with van der Waals surface area (Å²) >= 11 is 0. The second-order valence-corrected chi connectivity index (χ2v) is 6.41. The Kier molecular flexibility index (Phi) is 3.08. The second-order valence-electron chi connectivity index (χ2n) is 6.41. The molecule has 0 amide bonds. The van der Waals surface area contributed by atoms with Crippen LogP contribution in [-0.2, 0) is 7.05 Å². The van der Waals surface area contributed by atoms with Crippen LogP contribution in [0.2, 0.25) is 0 Å². The van der Waals surface area contributed by atoms with Gasteiger partial charge in [-0.25, -0.2) is 4.57 Å². The normalized spacial score (nSPS) is 13.7. The Morgan fingerprint density at radius 1 is 1.13 bits per heavy atom. The Balaban J connectivity index is 1.85. The SMILES string of the molecule is Cc1cc(B2C=Cc3c(oc4ccccc34)N2C)[n+](C)cc1C. The highest BCUT2D eigenvalue weighted by Crippen LogP contribution is 2.35. The van der Waals surface area contributed by atoms with Gasteiger partial charge in [-0.3, -0.25) is 0 Å². The first-order valence-electron chi connectivity index (χ1n) is 7.95. The monoisotopic (exact) mass is 303 g/mol. The fourth-order valence-corrected chi connectivity index (χ4v) is 3.41. The zero-order valence-corrected chi connectivity index (χ0v) is 14.0. The van der Waals surface area contributed by atoms with Gasteiger partial charge >= 0.3 is 6.85 Å². The Morgan fingerprint density at radius 3 is 2.74 bits per heavy atom. The quantitative estimate of drug-likeness (QED) is 0.509. The minimum Gasteiger partial charge on any atom is -0.441 e. The van der Waals surface area contributed by atoms with Crippen molar-refractivity contribution in [3.63, 3.8) is 0 Å². The predicted octanol–water partition coefficient (Wildman–Crippen LogP) is 2.78. The molecule has 0 fully saturated rings.